The van der Waals surface area contributed by atoms with E-state index >= 15 is 0 Å². The van der Waals surface area contributed by atoms with Gasteiger partial charge < -0.3 is 4.57 Å². The summed E-state index contributed by atoms with van der Waals surface area (Å²) in [5.41, 5.74) is 8.49. The van der Waals surface area contributed by atoms with Crippen molar-refractivity contribution >= 4 is 60.5 Å². The summed E-state index contributed by atoms with van der Waals surface area (Å²) in [6.45, 7) is 3.95. The van der Waals surface area contributed by atoms with Gasteiger partial charge in [0.1, 0.15) is 0 Å². The molecule has 0 radical (unpaired) electrons. The summed E-state index contributed by atoms with van der Waals surface area (Å²) in [6.07, 6.45) is -2.51. The van der Waals surface area contributed by atoms with Crippen molar-refractivity contribution in [3.63, 3.8) is 0 Å². The Labute approximate surface area is 344 Å². The van der Waals surface area contributed by atoms with Crippen molar-refractivity contribution < 1.29 is 13.2 Å². The van der Waals surface area contributed by atoms with Gasteiger partial charge in [0, 0.05) is 43.9 Å². The van der Waals surface area contributed by atoms with E-state index in [0.29, 0.717) is 34.2 Å². The van der Waals surface area contributed by atoms with E-state index in [1.165, 1.54) is 0 Å². The molecule has 0 aliphatic carbocycles. The molecule has 0 aliphatic heterocycles. The monoisotopic (exact) mass is 785 g/mol. The van der Waals surface area contributed by atoms with E-state index in [1.54, 1.807) is 12.1 Å². The molecular weight excluding hydrogens is 752 g/mol. The van der Waals surface area contributed by atoms with Crippen molar-refractivity contribution in [2.75, 3.05) is 0 Å². The molecule has 3 heterocycles. The number of hydrogen-bond donors (Lipinski definition) is 0. The Hall–Kier alpha value is -7.76. The molecule has 0 unspecified atom stereocenters. The molecule has 0 N–H and O–H groups in total. The second-order valence-electron chi connectivity index (χ2n) is 14.7. The number of fused-ring (bicyclic) bond motifs is 7. The highest BCUT2D eigenvalue weighted by molar-refractivity contribution is 6.24. The second kappa shape index (κ2) is 14.6. The molecule has 288 valence electrons. The number of alkyl halides is 3. The zero-order valence-corrected chi connectivity index (χ0v) is 32.5. The molecule has 10 aromatic rings. The van der Waals surface area contributed by atoms with Gasteiger partial charge in [-0.05, 0) is 73.5 Å². The van der Waals surface area contributed by atoms with Gasteiger partial charge in [0.2, 0.25) is 0 Å². The Morgan fingerprint density at radius 3 is 1.73 bits per heavy atom. The smallest absolute Gasteiger partial charge is 0.311 e. The average Bonchev–Trinajstić information content (AvgIpc) is 3.82. The number of aromatic nitrogens is 5. The lowest BCUT2D eigenvalue weighted by Crippen LogP contribution is -2.05. The van der Waals surface area contributed by atoms with E-state index in [9.17, 15) is 13.2 Å². The molecule has 0 saturated carbocycles. The largest absolute Gasteiger partial charge is 0.416 e. The van der Waals surface area contributed by atoms with Crippen molar-refractivity contribution in [3.8, 4) is 28.5 Å². The fourth-order valence-corrected chi connectivity index (χ4v) is 8.20. The van der Waals surface area contributed by atoms with Crippen molar-refractivity contribution in [3.05, 3.63) is 199 Å². The minimum atomic E-state index is -4.49. The van der Waals surface area contributed by atoms with Gasteiger partial charge in [-0.1, -0.05) is 133 Å². The maximum atomic E-state index is 14.0. The molecule has 0 amide bonds. The van der Waals surface area contributed by atoms with Crippen LogP contribution in [0.15, 0.2) is 170 Å². The molecule has 8 heteroatoms. The van der Waals surface area contributed by atoms with Crippen LogP contribution in [0.3, 0.4) is 0 Å². The quantitative estimate of drug-likeness (QED) is 0.151. The van der Waals surface area contributed by atoms with E-state index in [4.69, 9.17) is 15.0 Å². The van der Waals surface area contributed by atoms with Crippen LogP contribution in [0.5, 0.6) is 0 Å². The van der Waals surface area contributed by atoms with Crippen molar-refractivity contribution in [1.82, 2.24) is 24.1 Å². The molecule has 0 aliphatic rings. The standard InChI is InChI=1S/C52H34F3N5/c1-33(49-56-50(36-16-6-3-7-17-36)58-51(57-49)37-18-8-4-9-19-37)32-44(35-26-28-38(29-27-35)52(53,54)55)34(2)59-45-24-14-12-22-40(45)42-30-31-43-41-23-13-15-25-46(41)60(48(43)47(42)59)39-20-10-5-11-21-39/h3-10,12-20,22-32H,1-2H3/b33-32+,44-34-. The summed E-state index contributed by atoms with van der Waals surface area (Å²) in [5, 5.41) is 4.22. The van der Waals surface area contributed by atoms with Crippen molar-refractivity contribution in [2.45, 2.75) is 20.0 Å². The Morgan fingerprint density at radius 2 is 1.13 bits per heavy atom. The van der Waals surface area contributed by atoms with Crippen LogP contribution < -0.4 is 0 Å². The molecule has 0 atom stereocenters. The molecule has 60 heavy (non-hydrogen) atoms. The van der Waals surface area contributed by atoms with Crippen LogP contribution in [0, 0.1) is 12.1 Å². The molecule has 5 nitrogen and oxygen atoms in total. The van der Waals surface area contributed by atoms with E-state index in [2.05, 4.69) is 57.7 Å². The first-order chi connectivity index (χ1) is 29.2. The topological polar surface area (TPSA) is 48.5 Å². The van der Waals surface area contributed by atoms with Gasteiger partial charge in [-0.25, -0.2) is 15.0 Å². The first kappa shape index (κ1) is 36.6. The summed E-state index contributed by atoms with van der Waals surface area (Å²) < 4.78 is 46.5. The Bertz CT molecular complexity index is 3230. The minimum absolute atomic E-state index is 0.445. The average molecular weight is 786 g/mol. The van der Waals surface area contributed by atoms with Gasteiger partial charge in [0.25, 0.3) is 0 Å². The molecule has 0 bridgehead atoms. The SMILES string of the molecule is C/C(=C(\C=C(/C)c1nc(-c2ccccc2)nc(-c2ccccc2)n1)c1ccc(C(F)(F)F)cc1)n1c2ccccc2c2ccc3c4ccccc4n(-c4c#cccc4)c3c21. The van der Waals surface area contributed by atoms with Crippen LogP contribution in [-0.4, -0.2) is 24.1 Å². The van der Waals surface area contributed by atoms with Gasteiger partial charge in [0.15, 0.2) is 17.5 Å². The van der Waals surface area contributed by atoms with Crippen LogP contribution in [0.1, 0.15) is 30.8 Å². The lowest BCUT2D eigenvalue weighted by Gasteiger charge is -2.17. The number of benzene rings is 6. The fourth-order valence-electron chi connectivity index (χ4n) is 8.20. The molecule has 3 aromatic heterocycles. The Morgan fingerprint density at radius 1 is 0.567 bits per heavy atom. The predicted molar refractivity (Wildman–Crippen MR) is 236 cm³/mol. The van der Waals surface area contributed by atoms with E-state index in [-0.39, 0.29) is 0 Å². The minimum Gasteiger partial charge on any atom is -0.311 e. The van der Waals surface area contributed by atoms with Gasteiger partial charge in [-0.15, -0.1) is 0 Å². The Balaban J connectivity index is 1.29. The summed E-state index contributed by atoms with van der Waals surface area (Å²) in [5.74, 6) is 1.47. The number of hydrogen-bond acceptors (Lipinski definition) is 3. The first-order valence-corrected chi connectivity index (χ1v) is 19.5. The second-order valence-corrected chi connectivity index (χ2v) is 14.7. The van der Waals surface area contributed by atoms with Gasteiger partial charge in [-0.2, -0.15) is 13.2 Å². The first-order valence-electron chi connectivity index (χ1n) is 19.5. The zero-order chi connectivity index (χ0) is 41.0. The summed E-state index contributed by atoms with van der Waals surface area (Å²) in [7, 11) is 0. The number of para-hydroxylation sites is 2. The number of allylic oxidation sites excluding steroid dienone is 4. The molecule has 0 spiro atoms. The molecule has 0 fully saturated rings. The van der Waals surface area contributed by atoms with Crippen LogP contribution in [-0.2, 0) is 6.18 Å². The third kappa shape index (κ3) is 6.28. The van der Waals surface area contributed by atoms with E-state index < -0.39 is 11.7 Å². The number of rotatable bonds is 7. The maximum Gasteiger partial charge on any atom is 0.416 e. The Kier molecular flexibility index (Phi) is 8.88. The van der Waals surface area contributed by atoms with Gasteiger partial charge in [0.05, 0.1) is 33.3 Å². The van der Waals surface area contributed by atoms with E-state index in [0.717, 1.165) is 78.3 Å². The van der Waals surface area contributed by atoms with Crippen LogP contribution in [0.25, 0.3) is 88.9 Å². The van der Waals surface area contributed by atoms with Gasteiger partial charge >= 0.3 is 6.18 Å². The number of nitrogens with zero attached hydrogens (tertiary/aromatic N) is 5. The van der Waals surface area contributed by atoms with Crippen molar-refractivity contribution in [1.29, 1.82) is 0 Å². The molecule has 10 rings (SSSR count). The lowest BCUT2D eigenvalue weighted by atomic mass is 9.99. The fraction of sp³-hybridized carbons (Fsp3) is 0.0577. The zero-order valence-electron chi connectivity index (χ0n) is 32.5. The maximum absolute atomic E-state index is 14.0. The van der Waals surface area contributed by atoms with E-state index in [1.807, 2.05) is 123 Å². The normalized spacial score (nSPS) is 12.7. The van der Waals surface area contributed by atoms with Crippen LogP contribution in [0.2, 0.25) is 0 Å². The highest BCUT2D eigenvalue weighted by atomic mass is 19.4. The third-order valence-electron chi connectivity index (χ3n) is 11.0. The van der Waals surface area contributed by atoms with Crippen molar-refractivity contribution in [2.24, 2.45) is 0 Å². The van der Waals surface area contributed by atoms with Crippen LogP contribution >= 0.6 is 0 Å². The lowest BCUT2D eigenvalue weighted by molar-refractivity contribution is -0.137. The number of halogens is 3. The predicted octanol–water partition coefficient (Wildman–Crippen LogP) is 13.5. The molecule has 7 aromatic carbocycles. The summed E-state index contributed by atoms with van der Waals surface area (Å²) in [4.78, 5) is 14.8. The molecule has 0 saturated heterocycles. The third-order valence-corrected chi connectivity index (χ3v) is 11.0. The summed E-state index contributed by atoms with van der Waals surface area (Å²) >= 11 is 0. The van der Waals surface area contributed by atoms with Gasteiger partial charge in [-0.3, -0.25) is 4.57 Å². The summed E-state index contributed by atoms with van der Waals surface area (Å²) in [6, 6.07) is 58.0. The van der Waals surface area contributed by atoms with Crippen LogP contribution in [0.4, 0.5) is 13.2 Å². The molecular formula is C52H34F3N5. The highest BCUT2D eigenvalue weighted by Crippen LogP contribution is 2.43. The highest BCUT2D eigenvalue weighted by Gasteiger charge is 2.30.